The van der Waals surface area contributed by atoms with Crippen LogP contribution in [-0.4, -0.2) is 38.1 Å². The molecule has 0 spiro atoms. The number of hydrogen-bond acceptors (Lipinski definition) is 3. The highest BCUT2D eigenvalue weighted by Crippen LogP contribution is 2.36. The summed E-state index contributed by atoms with van der Waals surface area (Å²) < 4.78 is 10.3. The van der Waals surface area contributed by atoms with Crippen LogP contribution in [0.3, 0.4) is 0 Å². The molecule has 0 aromatic heterocycles. The van der Waals surface area contributed by atoms with Crippen molar-refractivity contribution in [3.05, 3.63) is 22.7 Å². The molecule has 0 unspecified atom stereocenters. The predicted molar refractivity (Wildman–Crippen MR) is 69.7 cm³/mol. The van der Waals surface area contributed by atoms with Crippen LogP contribution < -0.4 is 9.47 Å². The number of hydrogen-bond donors (Lipinski definition) is 0. The lowest BCUT2D eigenvalue weighted by molar-refractivity contribution is 0.0792. The molecule has 1 aliphatic rings. The van der Waals surface area contributed by atoms with Gasteiger partial charge in [-0.05, 0) is 25.0 Å². The second-order valence-electron chi connectivity index (χ2n) is 4.19. The first-order valence-corrected chi connectivity index (χ1v) is 6.26. The van der Waals surface area contributed by atoms with Gasteiger partial charge in [0.15, 0.2) is 11.5 Å². The van der Waals surface area contributed by atoms with Crippen LogP contribution in [0.4, 0.5) is 0 Å². The summed E-state index contributed by atoms with van der Waals surface area (Å²) in [5.74, 6) is 0.931. The molecule has 0 saturated carbocycles. The zero-order valence-corrected chi connectivity index (χ0v) is 11.3. The number of ether oxygens (including phenoxy) is 2. The Morgan fingerprint density at radius 3 is 2.44 bits per heavy atom. The first kappa shape index (κ1) is 13.0. The molecule has 1 fully saturated rings. The van der Waals surface area contributed by atoms with E-state index in [-0.39, 0.29) is 5.91 Å². The number of benzene rings is 1. The van der Waals surface area contributed by atoms with Crippen LogP contribution in [0.2, 0.25) is 5.02 Å². The van der Waals surface area contributed by atoms with Crippen molar-refractivity contribution in [2.24, 2.45) is 0 Å². The highest BCUT2D eigenvalue weighted by molar-refractivity contribution is 6.32. The van der Waals surface area contributed by atoms with Gasteiger partial charge in [0, 0.05) is 18.7 Å². The minimum absolute atomic E-state index is 0.00430. The monoisotopic (exact) mass is 269 g/mol. The lowest BCUT2D eigenvalue weighted by Crippen LogP contribution is -2.27. The van der Waals surface area contributed by atoms with Crippen LogP contribution in [0, 0.1) is 0 Å². The maximum absolute atomic E-state index is 12.2. The number of carbonyl (C=O) groups is 1. The average molecular weight is 270 g/mol. The van der Waals surface area contributed by atoms with E-state index in [1.54, 1.807) is 12.1 Å². The fourth-order valence-corrected chi connectivity index (χ4v) is 2.43. The standard InChI is InChI=1S/C13H16ClNO3/c1-17-11-8-9(7-10(14)12(11)18-2)13(16)15-5-3-4-6-15/h7-8H,3-6H2,1-2H3. The van der Waals surface area contributed by atoms with Crippen LogP contribution in [0.15, 0.2) is 12.1 Å². The Morgan fingerprint density at radius 2 is 1.89 bits per heavy atom. The van der Waals surface area contributed by atoms with E-state index in [4.69, 9.17) is 21.1 Å². The number of amides is 1. The number of likely N-dealkylation sites (tertiary alicyclic amines) is 1. The summed E-state index contributed by atoms with van der Waals surface area (Å²) in [6, 6.07) is 3.30. The number of halogens is 1. The largest absolute Gasteiger partial charge is 0.493 e. The molecule has 0 radical (unpaired) electrons. The molecule has 4 nitrogen and oxygen atoms in total. The molecule has 2 rings (SSSR count). The number of methoxy groups -OCH3 is 2. The summed E-state index contributed by atoms with van der Waals surface area (Å²) in [4.78, 5) is 14.1. The Morgan fingerprint density at radius 1 is 1.22 bits per heavy atom. The summed E-state index contributed by atoms with van der Waals surface area (Å²) in [5, 5.41) is 0.388. The van der Waals surface area contributed by atoms with Crippen molar-refractivity contribution in [2.45, 2.75) is 12.8 Å². The van der Waals surface area contributed by atoms with Crippen molar-refractivity contribution in [3.8, 4) is 11.5 Å². The Kier molecular flexibility index (Phi) is 3.97. The van der Waals surface area contributed by atoms with E-state index in [1.807, 2.05) is 4.90 Å². The Bertz CT molecular complexity index is 456. The zero-order chi connectivity index (χ0) is 13.1. The summed E-state index contributed by atoms with van der Waals surface area (Å²) in [7, 11) is 3.05. The molecule has 5 heteroatoms. The molecule has 0 bridgehead atoms. The molecule has 18 heavy (non-hydrogen) atoms. The van der Waals surface area contributed by atoms with E-state index in [0.717, 1.165) is 25.9 Å². The Balaban J connectivity index is 2.33. The van der Waals surface area contributed by atoms with Gasteiger partial charge in [-0.15, -0.1) is 0 Å². The van der Waals surface area contributed by atoms with Crippen LogP contribution in [-0.2, 0) is 0 Å². The van der Waals surface area contributed by atoms with Gasteiger partial charge < -0.3 is 14.4 Å². The van der Waals surface area contributed by atoms with Crippen LogP contribution in [0.5, 0.6) is 11.5 Å². The topological polar surface area (TPSA) is 38.8 Å². The lowest BCUT2D eigenvalue weighted by atomic mass is 10.1. The molecule has 0 atom stereocenters. The van der Waals surface area contributed by atoms with Crippen molar-refractivity contribution < 1.29 is 14.3 Å². The minimum Gasteiger partial charge on any atom is -0.493 e. The normalized spacial score (nSPS) is 14.7. The summed E-state index contributed by atoms with van der Waals surface area (Å²) in [6.45, 7) is 1.62. The number of rotatable bonds is 3. The summed E-state index contributed by atoms with van der Waals surface area (Å²) >= 11 is 6.09. The quantitative estimate of drug-likeness (QED) is 0.847. The van der Waals surface area contributed by atoms with Crippen molar-refractivity contribution in [1.29, 1.82) is 0 Å². The second-order valence-corrected chi connectivity index (χ2v) is 4.60. The van der Waals surface area contributed by atoms with E-state index >= 15 is 0 Å². The molecular weight excluding hydrogens is 254 g/mol. The van der Waals surface area contributed by atoms with Gasteiger partial charge in [-0.3, -0.25) is 4.79 Å². The molecule has 1 saturated heterocycles. The molecule has 0 N–H and O–H groups in total. The highest BCUT2D eigenvalue weighted by atomic mass is 35.5. The van der Waals surface area contributed by atoms with Crippen molar-refractivity contribution >= 4 is 17.5 Å². The third kappa shape index (κ3) is 2.38. The molecule has 1 heterocycles. The number of nitrogens with zero attached hydrogens (tertiary/aromatic N) is 1. The summed E-state index contributed by atoms with van der Waals surface area (Å²) in [5.41, 5.74) is 0.541. The second kappa shape index (κ2) is 5.48. The van der Waals surface area contributed by atoms with Gasteiger partial charge in [0.1, 0.15) is 0 Å². The Hall–Kier alpha value is -1.42. The molecule has 1 aromatic carbocycles. The van der Waals surface area contributed by atoms with Gasteiger partial charge in [0.25, 0.3) is 5.91 Å². The predicted octanol–water partition coefficient (Wildman–Crippen LogP) is 2.59. The van der Waals surface area contributed by atoms with Crippen LogP contribution >= 0.6 is 11.6 Å². The van der Waals surface area contributed by atoms with Crippen molar-refractivity contribution in [3.63, 3.8) is 0 Å². The van der Waals surface area contributed by atoms with Crippen molar-refractivity contribution in [1.82, 2.24) is 4.90 Å². The first-order valence-electron chi connectivity index (χ1n) is 5.88. The molecule has 98 valence electrons. The van der Waals surface area contributed by atoms with E-state index in [0.29, 0.717) is 22.1 Å². The van der Waals surface area contributed by atoms with Gasteiger partial charge in [-0.1, -0.05) is 11.6 Å². The van der Waals surface area contributed by atoms with Crippen LogP contribution in [0.25, 0.3) is 0 Å². The van der Waals surface area contributed by atoms with Crippen LogP contribution in [0.1, 0.15) is 23.2 Å². The third-order valence-electron chi connectivity index (χ3n) is 3.07. The highest BCUT2D eigenvalue weighted by Gasteiger charge is 2.22. The molecule has 1 aliphatic heterocycles. The van der Waals surface area contributed by atoms with E-state index in [9.17, 15) is 4.79 Å². The molecule has 1 amide bonds. The first-order chi connectivity index (χ1) is 8.67. The van der Waals surface area contributed by atoms with E-state index < -0.39 is 0 Å². The minimum atomic E-state index is -0.00430. The van der Waals surface area contributed by atoms with Gasteiger partial charge in [-0.2, -0.15) is 0 Å². The van der Waals surface area contributed by atoms with E-state index in [1.165, 1.54) is 14.2 Å². The number of carbonyl (C=O) groups excluding carboxylic acids is 1. The fourth-order valence-electron chi connectivity index (χ4n) is 2.14. The Labute approximate surface area is 111 Å². The maximum atomic E-state index is 12.2. The van der Waals surface area contributed by atoms with Gasteiger partial charge in [-0.25, -0.2) is 0 Å². The third-order valence-corrected chi connectivity index (χ3v) is 3.35. The zero-order valence-electron chi connectivity index (χ0n) is 10.5. The van der Waals surface area contributed by atoms with Gasteiger partial charge in [0.05, 0.1) is 19.2 Å². The molecule has 0 aliphatic carbocycles. The molecule has 1 aromatic rings. The van der Waals surface area contributed by atoms with Gasteiger partial charge >= 0.3 is 0 Å². The molecular formula is C13H16ClNO3. The fraction of sp³-hybridized carbons (Fsp3) is 0.462. The van der Waals surface area contributed by atoms with Gasteiger partial charge in [0.2, 0.25) is 0 Å². The SMILES string of the molecule is COc1cc(C(=O)N2CCCC2)cc(Cl)c1OC. The lowest BCUT2D eigenvalue weighted by Gasteiger charge is -2.17. The average Bonchev–Trinajstić information content (AvgIpc) is 2.90. The maximum Gasteiger partial charge on any atom is 0.254 e. The van der Waals surface area contributed by atoms with Crippen molar-refractivity contribution in [2.75, 3.05) is 27.3 Å². The smallest absolute Gasteiger partial charge is 0.254 e. The summed E-state index contributed by atoms with van der Waals surface area (Å²) in [6.07, 6.45) is 2.12. The van der Waals surface area contributed by atoms with E-state index in [2.05, 4.69) is 0 Å².